The molecule has 0 aromatic rings. The summed E-state index contributed by atoms with van der Waals surface area (Å²) in [6, 6.07) is -2.44. The first-order valence-electron chi connectivity index (χ1n) is 14.8. The van der Waals surface area contributed by atoms with E-state index in [0.717, 1.165) is 50.7 Å². The zero-order valence-electron chi connectivity index (χ0n) is 24.6. The van der Waals surface area contributed by atoms with E-state index in [-0.39, 0.29) is 23.4 Å². The lowest BCUT2D eigenvalue weighted by Gasteiger charge is -2.58. The number of terminal acetylenes is 1. The van der Waals surface area contributed by atoms with E-state index in [1.54, 1.807) is 13.8 Å². The third kappa shape index (κ3) is 5.63. The fraction of sp³-hybridized carbons (Fsp3) is 0.742. The lowest BCUT2D eigenvalue weighted by Crippen LogP contribution is -2.55. The summed E-state index contributed by atoms with van der Waals surface area (Å²) in [5, 5.41) is 38.5. The van der Waals surface area contributed by atoms with E-state index in [4.69, 9.17) is 21.5 Å². The van der Waals surface area contributed by atoms with Crippen molar-refractivity contribution < 1.29 is 34.5 Å². The third-order valence-corrected chi connectivity index (χ3v) is 10.8. The van der Waals surface area contributed by atoms with Gasteiger partial charge >= 0.3 is 5.97 Å². The van der Waals surface area contributed by atoms with Gasteiger partial charge in [0.25, 0.3) is 5.91 Å². The number of carboxylic acids is 1. The molecule has 3 saturated carbocycles. The molecule has 8 atom stereocenters. The van der Waals surface area contributed by atoms with Crippen LogP contribution in [-0.4, -0.2) is 69.7 Å². The molecule has 41 heavy (non-hydrogen) atoms. The van der Waals surface area contributed by atoms with Gasteiger partial charge in [-0.2, -0.15) is 0 Å². The monoisotopic (exact) mass is 571 g/mol. The molecule has 2 amide bonds. The molecule has 0 spiro atoms. The highest BCUT2D eigenvalue weighted by atomic mass is 16.6. The number of nitrogens with one attached hydrogen (secondary N) is 2. The Hall–Kier alpha value is -2.90. The molecule has 0 saturated heterocycles. The maximum absolute atomic E-state index is 12.5. The number of aliphatic carboxylic acids is 1. The minimum atomic E-state index is -1.45. The second-order valence-corrected chi connectivity index (χ2v) is 13.2. The zero-order chi connectivity index (χ0) is 30.2. The fourth-order valence-electron chi connectivity index (χ4n) is 8.27. The molecule has 0 radical (unpaired) electrons. The maximum Gasteiger partial charge on any atom is 0.328 e. The molecule has 5 N–H and O–H groups in total. The number of oxime groups is 1. The summed E-state index contributed by atoms with van der Waals surface area (Å²) in [7, 11) is 0. The molecule has 3 fully saturated rings. The highest BCUT2D eigenvalue weighted by Crippen LogP contribution is 2.67. The van der Waals surface area contributed by atoms with Gasteiger partial charge in [-0.05, 0) is 86.5 Å². The number of aliphatic hydroxyl groups excluding tert-OH is 1. The predicted molar refractivity (Wildman–Crippen MR) is 152 cm³/mol. The minimum absolute atomic E-state index is 0.0672. The molecule has 226 valence electrons. The number of allylic oxidation sites excluding steroid dienone is 2. The quantitative estimate of drug-likeness (QED) is 0.210. The van der Waals surface area contributed by atoms with Gasteiger partial charge < -0.3 is 30.8 Å². The van der Waals surface area contributed by atoms with E-state index in [9.17, 15) is 19.5 Å². The Morgan fingerprint density at radius 2 is 1.83 bits per heavy atom. The lowest BCUT2D eigenvalue weighted by molar-refractivity contribution is -0.143. The van der Waals surface area contributed by atoms with Crippen molar-refractivity contribution in [3.63, 3.8) is 0 Å². The van der Waals surface area contributed by atoms with Gasteiger partial charge in [-0.1, -0.05) is 44.3 Å². The molecule has 10 heteroatoms. The van der Waals surface area contributed by atoms with Crippen LogP contribution in [0.3, 0.4) is 0 Å². The molecule has 0 aromatic heterocycles. The highest BCUT2D eigenvalue weighted by Gasteiger charge is 2.63. The van der Waals surface area contributed by atoms with Crippen LogP contribution in [0.15, 0.2) is 16.8 Å². The van der Waals surface area contributed by atoms with Crippen LogP contribution < -0.4 is 10.6 Å². The number of carboxylic acid groups (broad SMARTS) is 1. The van der Waals surface area contributed by atoms with Gasteiger partial charge in [0.05, 0.1) is 12.3 Å². The molecule has 0 heterocycles. The number of fused-ring (bicyclic) bond motifs is 5. The van der Waals surface area contributed by atoms with Crippen LogP contribution in [0.25, 0.3) is 0 Å². The Balaban J connectivity index is 1.36. The van der Waals surface area contributed by atoms with Crippen molar-refractivity contribution in [1.82, 2.24) is 10.6 Å². The van der Waals surface area contributed by atoms with Gasteiger partial charge in [-0.25, -0.2) is 4.79 Å². The van der Waals surface area contributed by atoms with Gasteiger partial charge in [0.15, 0.2) is 6.61 Å². The van der Waals surface area contributed by atoms with Gasteiger partial charge in [-0.3, -0.25) is 9.59 Å². The molecule has 0 aromatic carbocycles. The van der Waals surface area contributed by atoms with Crippen molar-refractivity contribution in [2.24, 2.45) is 39.7 Å². The number of hydrogen-bond acceptors (Lipinski definition) is 7. The molecule has 4 rings (SSSR count). The van der Waals surface area contributed by atoms with E-state index in [2.05, 4.69) is 41.6 Å². The molecule has 4 aliphatic carbocycles. The minimum Gasteiger partial charge on any atom is -0.480 e. The second-order valence-electron chi connectivity index (χ2n) is 13.2. The highest BCUT2D eigenvalue weighted by molar-refractivity contribution is 5.96. The van der Waals surface area contributed by atoms with Gasteiger partial charge in [-0.15, -0.1) is 6.42 Å². The Labute approximate surface area is 242 Å². The van der Waals surface area contributed by atoms with E-state index in [1.807, 2.05) is 0 Å². The number of rotatable bonds is 9. The third-order valence-electron chi connectivity index (χ3n) is 10.8. The first-order chi connectivity index (χ1) is 19.3. The van der Waals surface area contributed by atoms with Crippen LogP contribution in [0.1, 0.15) is 79.1 Å². The van der Waals surface area contributed by atoms with Crippen molar-refractivity contribution in [2.45, 2.75) is 96.7 Å². The first-order valence-corrected chi connectivity index (χ1v) is 14.8. The zero-order valence-corrected chi connectivity index (χ0v) is 24.6. The summed E-state index contributed by atoms with van der Waals surface area (Å²) in [5.41, 5.74) is 1.01. The normalized spacial score (nSPS) is 36.6. The van der Waals surface area contributed by atoms with Crippen molar-refractivity contribution in [3.8, 4) is 12.3 Å². The van der Waals surface area contributed by atoms with E-state index < -0.39 is 42.1 Å². The Morgan fingerprint density at radius 1 is 1.12 bits per heavy atom. The fourth-order valence-corrected chi connectivity index (χ4v) is 8.27. The number of aliphatic hydroxyl groups is 2. The number of nitrogens with zero attached hydrogens (tertiary/aromatic N) is 1. The number of carbonyl (C=O) groups excluding carboxylic acids is 2. The molecule has 10 nitrogen and oxygen atoms in total. The van der Waals surface area contributed by atoms with Crippen molar-refractivity contribution in [3.05, 3.63) is 11.6 Å². The molecule has 4 aliphatic rings. The Morgan fingerprint density at radius 3 is 2.46 bits per heavy atom. The standard InChI is InChI=1S/C31H45N3O7/c1-6-31(40)14-11-23-21-8-7-19-15-20(9-12-29(19,4)22(21)10-13-30(23,31)5)34-41-17-25(36)33-26(18(2)3)27(37)32-24(16-35)28(38)39/h1,15,18,21-24,26,35,40H,7-14,16-17H2,2-5H3,(H,32,37)(H,33,36)(H,38,39)/b34-20-/t21-,22+,23+,24+,26+,29+,30+,31-/m1/s1. The summed E-state index contributed by atoms with van der Waals surface area (Å²) >= 11 is 0. The smallest absolute Gasteiger partial charge is 0.328 e. The largest absolute Gasteiger partial charge is 0.480 e. The van der Waals surface area contributed by atoms with Crippen LogP contribution in [0, 0.1) is 46.8 Å². The molecule has 0 bridgehead atoms. The molecule has 0 aliphatic heterocycles. The average molecular weight is 572 g/mol. The van der Waals surface area contributed by atoms with Gasteiger partial charge in [0, 0.05) is 5.41 Å². The Kier molecular flexibility index (Phi) is 8.91. The average Bonchev–Trinajstić information content (AvgIpc) is 3.20. The second kappa shape index (κ2) is 11.8. The predicted octanol–water partition coefficient (Wildman–Crippen LogP) is 2.39. The summed E-state index contributed by atoms with van der Waals surface area (Å²) in [6.07, 6.45) is 15.3. The van der Waals surface area contributed by atoms with Gasteiger partial charge in [0.1, 0.15) is 17.7 Å². The summed E-state index contributed by atoms with van der Waals surface area (Å²) in [4.78, 5) is 41.5. The van der Waals surface area contributed by atoms with Crippen LogP contribution >= 0.6 is 0 Å². The SMILES string of the molecule is C#C[C@@]1(O)CC[C@H]2[C@@H]3CCC4=C/C(=N\OCC(=O)N[C@H](C(=O)N[C@@H](CO)C(=O)O)C(C)C)CC[C@]4(C)[C@H]3CC[C@@]21C. The number of amides is 2. The van der Waals surface area contributed by atoms with Crippen LogP contribution in [0.5, 0.6) is 0 Å². The summed E-state index contributed by atoms with van der Waals surface area (Å²) in [6.45, 7) is 6.86. The van der Waals surface area contributed by atoms with E-state index >= 15 is 0 Å². The van der Waals surface area contributed by atoms with Crippen molar-refractivity contribution in [2.75, 3.05) is 13.2 Å². The number of hydrogen-bond donors (Lipinski definition) is 5. The first kappa shape index (κ1) is 31.0. The van der Waals surface area contributed by atoms with Crippen LogP contribution in [0.2, 0.25) is 0 Å². The van der Waals surface area contributed by atoms with Crippen LogP contribution in [-0.2, 0) is 19.2 Å². The van der Waals surface area contributed by atoms with Crippen LogP contribution in [0.4, 0.5) is 0 Å². The molecule has 0 unspecified atom stereocenters. The lowest BCUT2D eigenvalue weighted by atomic mass is 9.46. The molecular formula is C31H45N3O7. The van der Waals surface area contributed by atoms with Gasteiger partial charge in [0.2, 0.25) is 5.91 Å². The van der Waals surface area contributed by atoms with E-state index in [1.165, 1.54) is 5.57 Å². The summed E-state index contributed by atoms with van der Waals surface area (Å²) < 4.78 is 0. The maximum atomic E-state index is 12.5. The summed E-state index contributed by atoms with van der Waals surface area (Å²) in [5.74, 6) is 1.33. The Bertz CT molecular complexity index is 1160. The van der Waals surface area contributed by atoms with E-state index in [0.29, 0.717) is 24.2 Å². The topological polar surface area (TPSA) is 158 Å². The van der Waals surface area contributed by atoms with Crippen molar-refractivity contribution in [1.29, 1.82) is 0 Å². The number of carbonyl (C=O) groups is 3. The van der Waals surface area contributed by atoms with Crippen molar-refractivity contribution >= 4 is 23.5 Å². The molecular weight excluding hydrogens is 526 g/mol.